The highest BCUT2D eigenvalue weighted by Gasteiger charge is 2.30. The minimum absolute atomic E-state index is 0.587. The molecule has 1 aliphatic carbocycles. The average molecular weight is 543 g/mol. The van der Waals surface area contributed by atoms with Crippen LogP contribution in [0.2, 0.25) is 0 Å². The average Bonchev–Trinajstić information content (AvgIpc) is 3.72. The normalized spacial score (nSPS) is 13.1. The number of benzene rings is 4. The Morgan fingerprint density at radius 2 is 1.05 bits per heavy atom. The minimum atomic E-state index is -0.590. The highest BCUT2D eigenvalue weighted by molar-refractivity contribution is 7.84. The monoisotopic (exact) mass is 542 g/mol. The molecule has 3 heteroatoms. The van der Waals surface area contributed by atoms with E-state index in [0.29, 0.717) is 0 Å². The molecule has 7 rings (SSSR count). The van der Waals surface area contributed by atoms with Crippen molar-refractivity contribution in [2.24, 2.45) is 0 Å². The Bertz CT molecular complexity index is 1630. The molecule has 4 aromatic carbocycles. The smallest absolute Gasteiger partial charge is 0.0395 e. The number of fused-ring (bicyclic) bond motifs is 1. The molecule has 1 atom stereocenters. The highest BCUT2D eigenvalue weighted by atomic mass is 32.1. The Hall–Kier alpha value is -3.21. The van der Waals surface area contributed by atoms with E-state index in [2.05, 4.69) is 133 Å². The van der Waals surface area contributed by atoms with E-state index in [9.17, 15) is 0 Å². The lowest BCUT2D eigenvalue weighted by Crippen LogP contribution is -2.18. The molecule has 2 aromatic heterocycles. The maximum Gasteiger partial charge on any atom is 0.0395 e. The van der Waals surface area contributed by atoms with Crippen molar-refractivity contribution in [3.05, 3.63) is 145 Å². The van der Waals surface area contributed by atoms with Gasteiger partial charge in [0.15, 0.2) is 0 Å². The topological polar surface area (TPSA) is 0 Å². The SMILES string of the molecule is c1ccc(-c2c3c(c(-c4ccc(P(c5ccccc5)c5ccccc5)s4)p2-c2ccccc2)CCC3)cc1. The molecule has 6 aromatic rings. The Balaban J connectivity index is 1.44. The first-order chi connectivity index (χ1) is 18.9. The summed E-state index contributed by atoms with van der Waals surface area (Å²) in [5, 5.41) is 7.51. The van der Waals surface area contributed by atoms with Gasteiger partial charge in [-0.1, -0.05) is 129 Å². The van der Waals surface area contributed by atoms with Gasteiger partial charge in [0.25, 0.3) is 0 Å². The third kappa shape index (κ3) is 4.30. The number of thiophene rings is 1. The van der Waals surface area contributed by atoms with Gasteiger partial charge >= 0.3 is 0 Å². The fraction of sp³-hybridized carbons (Fsp3) is 0.0857. The minimum Gasteiger partial charge on any atom is -0.134 e. The van der Waals surface area contributed by atoms with Crippen molar-refractivity contribution in [2.45, 2.75) is 19.3 Å². The zero-order chi connectivity index (χ0) is 25.3. The summed E-state index contributed by atoms with van der Waals surface area (Å²) in [6.45, 7) is 0. The van der Waals surface area contributed by atoms with Crippen LogP contribution in [-0.2, 0) is 12.8 Å². The molecule has 0 nitrogen and oxygen atoms in total. The summed E-state index contributed by atoms with van der Waals surface area (Å²) < 4.78 is 1.48. The number of hydrogen-bond donors (Lipinski definition) is 0. The van der Waals surface area contributed by atoms with Crippen molar-refractivity contribution < 1.29 is 0 Å². The van der Waals surface area contributed by atoms with Gasteiger partial charge in [-0.25, -0.2) is 0 Å². The van der Waals surface area contributed by atoms with Crippen LogP contribution >= 0.6 is 26.8 Å². The number of rotatable bonds is 6. The molecule has 0 fully saturated rings. The summed E-state index contributed by atoms with van der Waals surface area (Å²) in [4.78, 5) is 1.47. The van der Waals surface area contributed by atoms with E-state index in [0.717, 1.165) is 0 Å². The lowest BCUT2D eigenvalue weighted by Gasteiger charge is -2.17. The van der Waals surface area contributed by atoms with E-state index in [-0.39, 0.29) is 0 Å². The first-order valence-corrected chi connectivity index (χ1v) is 16.8. The molecule has 0 aliphatic heterocycles. The molecule has 0 bridgehead atoms. The van der Waals surface area contributed by atoms with Crippen LogP contribution in [0.3, 0.4) is 0 Å². The van der Waals surface area contributed by atoms with Crippen LogP contribution in [0.1, 0.15) is 17.5 Å². The molecule has 0 radical (unpaired) electrons. The van der Waals surface area contributed by atoms with Crippen molar-refractivity contribution in [1.82, 2.24) is 0 Å². The zero-order valence-electron chi connectivity index (χ0n) is 21.1. The van der Waals surface area contributed by atoms with Crippen LogP contribution in [0.4, 0.5) is 0 Å². The molecule has 1 unspecified atom stereocenters. The van der Waals surface area contributed by atoms with Gasteiger partial charge in [-0.05, 0) is 71.9 Å². The van der Waals surface area contributed by atoms with Crippen LogP contribution in [0.5, 0.6) is 0 Å². The van der Waals surface area contributed by atoms with E-state index >= 15 is 0 Å². The lowest BCUT2D eigenvalue weighted by atomic mass is 10.1. The summed E-state index contributed by atoms with van der Waals surface area (Å²) >= 11 is 2.03. The third-order valence-electron chi connectivity index (χ3n) is 7.37. The maximum atomic E-state index is 2.44. The first-order valence-electron chi connectivity index (χ1n) is 13.3. The molecule has 0 N–H and O–H groups in total. The Labute approximate surface area is 231 Å². The van der Waals surface area contributed by atoms with Crippen molar-refractivity contribution >= 4 is 42.0 Å². The molecular weight excluding hydrogens is 514 g/mol. The van der Waals surface area contributed by atoms with E-state index < -0.39 is 15.5 Å². The molecule has 0 spiro atoms. The van der Waals surface area contributed by atoms with E-state index in [1.807, 2.05) is 11.3 Å². The maximum absolute atomic E-state index is 2.44. The van der Waals surface area contributed by atoms with Gasteiger partial charge in [0.2, 0.25) is 0 Å². The zero-order valence-corrected chi connectivity index (χ0v) is 23.7. The van der Waals surface area contributed by atoms with Crippen LogP contribution < -0.4 is 15.2 Å². The lowest BCUT2D eigenvalue weighted by molar-refractivity contribution is 0.912. The largest absolute Gasteiger partial charge is 0.134 e. The van der Waals surface area contributed by atoms with Gasteiger partial charge in [-0.2, -0.15) is 0 Å². The molecule has 0 saturated carbocycles. The second-order valence-corrected chi connectivity index (χ2v) is 15.3. The van der Waals surface area contributed by atoms with E-state index in [1.54, 1.807) is 21.7 Å². The molecular formula is C35H28P2S. The summed E-state index contributed by atoms with van der Waals surface area (Å²) in [7, 11) is -1.18. The molecule has 1 aliphatic rings. The van der Waals surface area contributed by atoms with Crippen LogP contribution in [0.15, 0.2) is 133 Å². The Morgan fingerprint density at radius 3 is 1.66 bits per heavy atom. The second kappa shape index (κ2) is 10.5. The molecule has 38 heavy (non-hydrogen) atoms. The van der Waals surface area contributed by atoms with Gasteiger partial charge in [-0.15, -0.1) is 11.3 Å². The quantitative estimate of drug-likeness (QED) is 0.184. The van der Waals surface area contributed by atoms with Crippen molar-refractivity contribution in [1.29, 1.82) is 0 Å². The second-order valence-electron chi connectivity index (χ2n) is 9.69. The molecule has 2 heterocycles. The highest BCUT2D eigenvalue weighted by Crippen LogP contribution is 2.63. The van der Waals surface area contributed by atoms with Crippen molar-refractivity contribution in [3.8, 4) is 26.3 Å². The van der Waals surface area contributed by atoms with Gasteiger partial charge in [0.05, 0.1) is 0 Å². The van der Waals surface area contributed by atoms with Crippen LogP contribution in [0.25, 0.3) is 26.3 Å². The molecule has 184 valence electrons. The summed E-state index contributed by atoms with van der Waals surface area (Å²) in [6, 6.07) is 49.5. The standard InChI is InChI=1S/C35H28P2S/c1-5-14-26(15-6-1)34-30-22-13-23-31(30)35(37(34)29-20-11-4-12-21-29)32-24-25-33(38-32)36(27-16-7-2-8-17-27)28-18-9-3-10-19-28/h1-12,14-21,24-25H,13,22-23H2. The van der Waals surface area contributed by atoms with E-state index in [4.69, 9.17) is 0 Å². The predicted octanol–water partition coefficient (Wildman–Crippen LogP) is 9.30. The predicted molar refractivity (Wildman–Crippen MR) is 170 cm³/mol. The number of hydrogen-bond acceptors (Lipinski definition) is 1. The fourth-order valence-corrected chi connectivity index (χ4v) is 13.1. The first kappa shape index (κ1) is 23.9. The fourth-order valence-electron chi connectivity index (χ4n) is 5.77. The van der Waals surface area contributed by atoms with Crippen LogP contribution in [-0.4, -0.2) is 0 Å². The summed E-state index contributed by atoms with van der Waals surface area (Å²) in [5.74, 6) is 0. The van der Waals surface area contributed by atoms with Crippen molar-refractivity contribution in [3.63, 3.8) is 0 Å². The van der Waals surface area contributed by atoms with Gasteiger partial charge in [0.1, 0.15) is 0 Å². The van der Waals surface area contributed by atoms with Crippen LogP contribution in [0, 0.1) is 0 Å². The van der Waals surface area contributed by atoms with Gasteiger partial charge < -0.3 is 0 Å². The third-order valence-corrected chi connectivity index (χ3v) is 14.2. The Morgan fingerprint density at radius 1 is 0.526 bits per heavy atom. The van der Waals surface area contributed by atoms with Gasteiger partial charge in [0, 0.05) is 20.1 Å². The molecule has 0 saturated heterocycles. The summed E-state index contributed by atoms with van der Waals surface area (Å²) in [6.07, 6.45) is 3.67. The molecule has 0 amide bonds. The summed E-state index contributed by atoms with van der Waals surface area (Å²) in [5.41, 5.74) is 4.67. The van der Waals surface area contributed by atoms with Crippen molar-refractivity contribution in [2.75, 3.05) is 0 Å². The van der Waals surface area contributed by atoms with Gasteiger partial charge in [-0.3, -0.25) is 0 Å². The Kier molecular flexibility index (Phi) is 6.60. The van der Waals surface area contributed by atoms with E-state index in [1.165, 1.54) is 50.2 Å².